The molecule has 0 saturated carbocycles. The maximum absolute atomic E-state index is 12.2. The number of aryl methyl sites for hydroxylation is 1. The van der Waals surface area contributed by atoms with E-state index in [1.807, 2.05) is 19.1 Å². The van der Waals surface area contributed by atoms with Crippen LogP contribution in [0.3, 0.4) is 0 Å². The minimum atomic E-state index is -0.321. The first-order valence-electron chi connectivity index (χ1n) is 5.98. The Hall–Kier alpha value is -1.51. The number of rotatable bonds is 2. The van der Waals surface area contributed by atoms with Gasteiger partial charge >= 0.3 is 0 Å². The highest BCUT2D eigenvalue weighted by molar-refractivity contribution is 7.20. The highest BCUT2D eigenvalue weighted by atomic mass is 35.5. The Kier molecular flexibility index (Phi) is 5.27. The normalized spacial score (nSPS) is 9.90. The van der Waals surface area contributed by atoms with Crippen LogP contribution < -0.4 is 5.32 Å². The van der Waals surface area contributed by atoms with Crippen molar-refractivity contribution in [2.24, 2.45) is 0 Å². The van der Waals surface area contributed by atoms with Gasteiger partial charge in [0.25, 0.3) is 5.91 Å². The van der Waals surface area contributed by atoms with Crippen LogP contribution in [0.15, 0.2) is 24.3 Å². The van der Waals surface area contributed by atoms with E-state index in [0.29, 0.717) is 25.5 Å². The molecule has 0 aliphatic heterocycles. The molecular weight excluding hydrogens is 329 g/mol. The summed E-state index contributed by atoms with van der Waals surface area (Å²) in [7, 11) is 0. The third kappa shape index (κ3) is 3.99. The lowest BCUT2D eigenvalue weighted by molar-refractivity contribution is 0.102. The number of hydrogen-bond acceptors (Lipinski definition) is 3. The summed E-state index contributed by atoms with van der Waals surface area (Å²) in [4.78, 5) is 12.2. The molecule has 0 fully saturated rings. The Morgan fingerprint density at radius 2 is 2.14 bits per heavy atom. The monoisotopic (exact) mass is 339 g/mol. The lowest BCUT2D eigenvalue weighted by atomic mass is 10.1. The molecule has 108 valence electrons. The Morgan fingerprint density at radius 1 is 1.38 bits per heavy atom. The summed E-state index contributed by atoms with van der Waals surface area (Å²) in [6.45, 7) is 1.67. The van der Waals surface area contributed by atoms with Gasteiger partial charge in [-0.3, -0.25) is 4.79 Å². The number of aliphatic hydroxyl groups is 1. The molecule has 2 N–H and O–H groups in total. The zero-order valence-corrected chi connectivity index (χ0v) is 13.4. The van der Waals surface area contributed by atoms with E-state index in [2.05, 4.69) is 17.2 Å². The molecule has 0 aliphatic carbocycles. The van der Waals surface area contributed by atoms with Crippen molar-refractivity contribution in [2.45, 2.75) is 6.92 Å². The molecule has 0 atom stereocenters. The molecule has 1 heterocycles. The van der Waals surface area contributed by atoms with Crippen LogP contribution in [-0.4, -0.2) is 17.6 Å². The molecular formula is C15H11Cl2NO2S. The number of aliphatic hydroxyl groups excluding tert-OH is 1. The molecule has 0 spiro atoms. The van der Waals surface area contributed by atoms with Gasteiger partial charge in [0.05, 0.1) is 9.90 Å². The number of carbonyl (C=O) groups excluding carboxylic acids is 1. The van der Waals surface area contributed by atoms with Crippen molar-refractivity contribution >= 4 is 46.1 Å². The summed E-state index contributed by atoms with van der Waals surface area (Å²) in [5, 5.41) is 11.5. The zero-order valence-electron chi connectivity index (χ0n) is 11.0. The zero-order chi connectivity index (χ0) is 15.4. The van der Waals surface area contributed by atoms with Crippen molar-refractivity contribution in [3.05, 3.63) is 49.6 Å². The van der Waals surface area contributed by atoms with Crippen LogP contribution in [0.4, 0.5) is 5.69 Å². The van der Waals surface area contributed by atoms with Crippen LogP contribution >= 0.6 is 34.5 Å². The number of benzene rings is 1. The van der Waals surface area contributed by atoms with Gasteiger partial charge in [-0.2, -0.15) is 0 Å². The van der Waals surface area contributed by atoms with Crippen molar-refractivity contribution < 1.29 is 9.90 Å². The van der Waals surface area contributed by atoms with E-state index in [1.165, 1.54) is 6.07 Å². The fourth-order valence-electron chi connectivity index (χ4n) is 1.66. The van der Waals surface area contributed by atoms with Crippen molar-refractivity contribution in [2.75, 3.05) is 11.9 Å². The number of amides is 1. The summed E-state index contributed by atoms with van der Waals surface area (Å²) in [5.74, 6) is 5.04. The van der Waals surface area contributed by atoms with Gasteiger partial charge in [-0.15, -0.1) is 11.3 Å². The van der Waals surface area contributed by atoms with Gasteiger partial charge in [0, 0.05) is 11.3 Å². The summed E-state index contributed by atoms with van der Waals surface area (Å²) < 4.78 is 0.816. The van der Waals surface area contributed by atoms with E-state index >= 15 is 0 Å². The second kappa shape index (κ2) is 6.97. The van der Waals surface area contributed by atoms with Crippen LogP contribution in [0.1, 0.15) is 21.5 Å². The molecule has 3 nitrogen and oxygen atoms in total. The summed E-state index contributed by atoms with van der Waals surface area (Å²) >= 11 is 13.0. The molecule has 2 rings (SSSR count). The second-order valence-corrected chi connectivity index (χ2v) is 6.47. The number of thiophene rings is 1. The predicted octanol–water partition coefficient (Wildman–Crippen LogP) is 3.96. The highest BCUT2D eigenvalue weighted by Gasteiger charge is 2.15. The van der Waals surface area contributed by atoms with E-state index in [-0.39, 0.29) is 12.5 Å². The Morgan fingerprint density at radius 3 is 2.76 bits per heavy atom. The molecule has 21 heavy (non-hydrogen) atoms. The fraction of sp³-hybridized carbons (Fsp3) is 0.133. The summed E-state index contributed by atoms with van der Waals surface area (Å²) in [6, 6.07) is 6.95. The molecule has 0 unspecified atom stereocenters. The standard InChI is InChI=1S/C15H11Cl2NO2S/c1-9-4-5-10(3-2-6-19)7-12(9)18-15(20)11-8-13(16)21-14(11)17/h4-5,7-8,19H,6H2,1H3,(H,18,20). The average Bonchev–Trinajstić information content (AvgIpc) is 2.78. The molecule has 1 aromatic heterocycles. The number of anilines is 1. The Balaban J connectivity index is 2.26. The molecule has 6 heteroatoms. The van der Waals surface area contributed by atoms with Crippen LogP contribution in [0.2, 0.25) is 8.67 Å². The fourth-order valence-corrected chi connectivity index (χ4v) is 3.12. The smallest absolute Gasteiger partial charge is 0.258 e. The predicted molar refractivity (Wildman–Crippen MR) is 87.4 cm³/mol. The van der Waals surface area contributed by atoms with E-state index in [4.69, 9.17) is 28.3 Å². The minimum absolute atomic E-state index is 0.210. The van der Waals surface area contributed by atoms with Crippen LogP contribution in [0.25, 0.3) is 0 Å². The van der Waals surface area contributed by atoms with Crippen LogP contribution in [0, 0.1) is 18.8 Å². The summed E-state index contributed by atoms with van der Waals surface area (Å²) in [6.07, 6.45) is 0. The first kappa shape index (κ1) is 15.9. The first-order chi connectivity index (χ1) is 10.0. The van der Waals surface area contributed by atoms with Crippen molar-refractivity contribution in [3.63, 3.8) is 0 Å². The molecule has 0 aliphatic rings. The number of carbonyl (C=O) groups is 1. The highest BCUT2D eigenvalue weighted by Crippen LogP contribution is 2.31. The number of halogens is 2. The Labute approximate surface area is 136 Å². The van der Waals surface area contributed by atoms with Gasteiger partial charge < -0.3 is 10.4 Å². The van der Waals surface area contributed by atoms with Crippen LogP contribution in [0.5, 0.6) is 0 Å². The molecule has 0 bridgehead atoms. The maximum Gasteiger partial charge on any atom is 0.258 e. The lowest BCUT2D eigenvalue weighted by Gasteiger charge is -2.08. The third-order valence-corrected chi connectivity index (χ3v) is 4.19. The van der Waals surface area contributed by atoms with Gasteiger partial charge in [-0.05, 0) is 30.7 Å². The van der Waals surface area contributed by atoms with Crippen molar-refractivity contribution in [3.8, 4) is 11.8 Å². The van der Waals surface area contributed by atoms with Gasteiger partial charge in [0.15, 0.2) is 0 Å². The van der Waals surface area contributed by atoms with Gasteiger partial charge in [0.1, 0.15) is 10.9 Å². The summed E-state index contributed by atoms with van der Waals surface area (Å²) in [5.41, 5.74) is 2.59. The van der Waals surface area contributed by atoms with E-state index < -0.39 is 0 Å². The SMILES string of the molecule is Cc1ccc(C#CCO)cc1NC(=O)c1cc(Cl)sc1Cl. The quantitative estimate of drug-likeness (QED) is 0.813. The molecule has 1 amide bonds. The van der Waals surface area contributed by atoms with Gasteiger partial charge in [0.2, 0.25) is 0 Å². The second-order valence-electron chi connectivity index (χ2n) is 4.18. The first-order valence-corrected chi connectivity index (χ1v) is 7.55. The van der Waals surface area contributed by atoms with E-state index in [1.54, 1.807) is 6.07 Å². The van der Waals surface area contributed by atoms with Crippen LogP contribution in [-0.2, 0) is 0 Å². The molecule has 0 radical (unpaired) electrons. The largest absolute Gasteiger partial charge is 0.384 e. The number of hydrogen-bond donors (Lipinski definition) is 2. The molecule has 0 saturated heterocycles. The van der Waals surface area contributed by atoms with Gasteiger partial charge in [-0.25, -0.2) is 0 Å². The maximum atomic E-state index is 12.2. The number of nitrogens with one attached hydrogen (secondary N) is 1. The third-order valence-electron chi connectivity index (χ3n) is 2.70. The van der Waals surface area contributed by atoms with E-state index in [0.717, 1.165) is 16.9 Å². The molecule has 1 aromatic carbocycles. The topological polar surface area (TPSA) is 49.3 Å². The average molecular weight is 340 g/mol. The molecule has 2 aromatic rings. The minimum Gasteiger partial charge on any atom is -0.384 e. The lowest BCUT2D eigenvalue weighted by Crippen LogP contribution is -2.12. The van der Waals surface area contributed by atoms with Gasteiger partial charge in [-0.1, -0.05) is 41.1 Å². The van der Waals surface area contributed by atoms with Crippen molar-refractivity contribution in [1.29, 1.82) is 0 Å². The van der Waals surface area contributed by atoms with Crippen molar-refractivity contribution in [1.82, 2.24) is 0 Å². The Bertz CT molecular complexity index is 744. The van der Waals surface area contributed by atoms with E-state index in [9.17, 15) is 4.79 Å².